The van der Waals surface area contributed by atoms with Gasteiger partial charge in [-0.2, -0.15) is 0 Å². The number of sulfone groups is 1. The van der Waals surface area contributed by atoms with Gasteiger partial charge >= 0.3 is 0 Å². The van der Waals surface area contributed by atoms with Crippen molar-refractivity contribution < 1.29 is 13.2 Å². The van der Waals surface area contributed by atoms with Crippen molar-refractivity contribution in [1.29, 1.82) is 0 Å². The first-order chi connectivity index (χ1) is 13.2. The molecule has 4 nitrogen and oxygen atoms in total. The summed E-state index contributed by atoms with van der Waals surface area (Å²) in [6.07, 6.45) is 4.75. The number of hydrogen-bond acceptors (Lipinski definition) is 4. The molecule has 1 aliphatic carbocycles. The summed E-state index contributed by atoms with van der Waals surface area (Å²) >= 11 is 0. The molecular formula is C23H31NO3S. The van der Waals surface area contributed by atoms with E-state index >= 15 is 0 Å². The van der Waals surface area contributed by atoms with Gasteiger partial charge in [0.1, 0.15) is 5.75 Å². The predicted molar refractivity (Wildman–Crippen MR) is 114 cm³/mol. The van der Waals surface area contributed by atoms with E-state index in [1.807, 2.05) is 38.1 Å². The average molecular weight is 402 g/mol. The van der Waals surface area contributed by atoms with Gasteiger partial charge in [0.05, 0.1) is 11.0 Å². The van der Waals surface area contributed by atoms with Crippen molar-refractivity contribution in [3.8, 4) is 5.75 Å². The summed E-state index contributed by atoms with van der Waals surface area (Å²) in [7, 11) is -3.13. The van der Waals surface area contributed by atoms with Gasteiger partial charge < -0.3 is 10.1 Å². The van der Waals surface area contributed by atoms with Crippen molar-refractivity contribution in [2.75, 3.05) is 6.26 Å². The third kappa shape index (κ3) is 5.36. The molecule has 0 amide bonds. The molecule has 2 aromatic carbocycles. The summed E-state index contributed by atoms with van der Waals surface area (Å²) in [6, 6.07) is 16.4. The highest BCUT2D eigenvalue weighted by atomic mass is 32.2. The third-order valence-corrected chi connectivity index (χ3v) is 6.56. The Balaban J connectivity index is 1.60. The molecule has 0 bridgehead atoms. The summed E-state index contributed by atoms with van der Waals surface area (Å²) in [5.74, 6) is 1.39. The molecule has 0 spiro atoms. The molecule has 28 heavy (non-hydrogen) atoms. The van der Waals surface area contributed by atoms with Crippen LogP contribution in [0.25, 0.3) is 0 Å². The minimum Gasteiger partial charge on any atom is -0.491 e. The fourth-order valence-electron chi connectivity index (χ4n) is 4.00. The molecule has 1 unspecified atom stereocenters. The van der Waals surface area contributed by atoms with E-state index in [-0.39, 0.29) is 12.1 Å². The number of nitrogens with one attached hydrogen (secondary N) is 1. The van der Waals surface area contributed by atoms with E-state index in [2.05, 4.69) is 24.4 Å². The van der Waals surface area contributed by atoms with E-state index in [4.69, 9.17) is 4.74 Å². The molecule has 0 saturated heterocycles. The van der Waals surface area contributed by atoms with Crippen molar-refractivity contribution in [3.63, 3.8) is 0 Å². The van der Waals surface area contributed by atoms with Gasteiger partial charge in [0.15, 0.2) is 9.84 Å². The standard InChI is InChI=1S/C23H31NO3S/c1-16(2)27-22-7-5-6-19(15-22)17(3)24-21-11-8-20(14-21)18-9-12-23(13-10-18)28(4,25)26/h5-7,9-10,12-13,15-17,20-21,24H,8,11,14H2,1-4H3/t17-,20+,21?/m1/s1. The summed E-state index contributed by atoms with van der Waals surface area (Å²) in [5, 5.41) is 3.76. The molecule has 1 saturated carbocycles. The lowest BCUT2D eigenvalue weighted by atomic mass is 9.97. The molecule has 5 heteroatoms. The number of rotatable bonds is 7. The summed E-state index contributed by atoms with van der Waals surface area (Å²) in [6.45, 7) is 6.27. The Hall–Kier alpha value is -1.85. The second-order valence-electron chi connectivity index (χ2n) is 8.18. The zero-order chi connectivity index (χ0) is 20.3. The highest BCUT2D eigenvalue weighted by molar-refractivity contribution is 7.90. The van der Waals surface area contributed by atoms with Gasteiger partial charge in [-0.1, -0.05) is 24.3 Å². The fraction of sp³-hybridized carbons (Fsp3) is 0.478. The van der Waals surface area contributed by atoms with Crippen LogP contribution in [0.1, 0.15) is 63.1 Å². The van der Waals surface area contributed by atoms with Crippen molar-refractivity contribution in [2.24, 2.45) is 0 Å². The largest absolute Gasteiger partial charge is 0.491 e. The molecule has 0 radical (unpaired) electrons. The Morgan fingerprint density at radius 1 is 1.04 bits per heavy atom. The second-order valence-corrected chi connectivity index (χ2v) is 10.2. The number of benzene rings is 2. The summed E-state index contributed by atoms with van der Waals surface area (Å²) in [4.78, 5) is 0.390. The van der Waals surface area contributed by atoms with E-state index < -0.39 is 9.84 Å². The summed E-state index contributed by atoms with van der Waals surface area (Å²) in [5.41, 5.74) is 2.47. The van der Waals surface area contributed by atoms with Crippen LogP contribution in [0.2, 0.25) is 0 Å². The zero-order valence-electron chi connectivity index (χ0n) is 17.2. The van der Waals surface area contributed by atoms with E-state index in [0.717, 1.165) is 25.0 Å². The van der Waals surface area contributed by atoms with Crippen molar-refractivity contribution in [2.45, 2.75) is 69.0 Å². The molecule has 0 aromatic heterocycles. The Kier molecular flexibility index (Phi) is 6.46. The minimum atomic E-state index is -3.13. The van der Waals surface area contributed by atoms with Gasteiger partial charge in [-0.15, -0.1) is 0 Å². The first-order valence-corrected chi connectivity index (χ1v) is 11.9. The van der Waals surface area contributed by atoms with Crippen LogP contribution < -0.4 is 10.1 Å². The highest BCUT2D eigenvalue weighted by Crippen LogP contribution is 2.36. The van der Waals surface area contributed by atoms with E-state index in [1.54, 1.807) is 12.1 Å². The lowest BCUT2D eigenvalue weighted by molar-refractivity contribution is 0.242. The maximum Gasteiger partial charge on any atom is 0.175 e. The van der Waals surface area contributed by atoms with Crippen molar-refractivity contribution >= 4 is 9.84 Å². The van der Waals surface area contributed by atoms with Crippen LogP contribution in [0.5, 0.6) is 5.75 Å². The lowest BCUT2D eigenvalue weighted by Gasteiger charge is -2.21. The third-order valence-electron chi connectivity index (χ3n) is 5.43. The van der Waals surface area contributed by atoms with Crippen LogP contribution in [-0.4, -0.2) is 26.8 Å². The smallest absolute Gasteiger partial charge is 0.175 e. The molecule has 0 aliphatic heterocycles. The quantitative estimate of drug-likeness (QED) is 0.719. The van der Waals surface area contributed by atoms with Gasteiger partial charge in [0.2, 0.25) is 0 Å². The van der Waals surface area contributed by atoms with Crippen LogP contribution in [0.15, 0.2) is 53.4 Å². The zero-order valence-corrected chi connectivity index (χ0v) is 18.0. The lowest BCUT2D eigenvalue weighted by Crippen LogP contribution is -2.29. The van der Waals surface area contributed by atoms with Gasteiger partial charge in [-0.05, 0) is 81.3 Å². The normalized spacial score (nSPS) is 21.0. The Bertz CT molecular complexity index is 890. The van der Waals surface area contributed by atoms with Gasteiger partial charge in [0.25, 0.3) is 0 Å². The molecule has 152 valence electrons. The maximum atomic E-state index is 11.6. The molecule has 3 atom stereocenters. The fourth-order valence-corrected chi connectivity index (χ4v) is 4.63. The molecule has 1 N–H and O–H groups in total. The number of ether oxygens (including phenoxy) is 1. The monoisotopic (exact) mass is 401 g/mol. The van der Waals surface area contributed by atoms with Crippen LogP contribution >= 0.6 is 0 Å². The van der Waals surface area contributed by atoms with Gasteiger partial charge in [-0.25, -0.2) is 8.42 Å². The molecule has 3 rings (SSSR count). The van der Waals surface area contributed by atoms with Crippen LogP contribution in [0.3, 0.4) is 0 Å². The topological polar surface area (TPSA) is 55.4 Å². The van der Waals surface area contributed by atoms with E-state index in [0.29, 0.717) is 16.9 Å². The van der Waals surface area contributed by atoms with Gasteiger partial charge in [-0.3, -0.25) is 0 Å². The highest BCUT2D eigenvalue weighted by Gasteiger charge is 2.27. The maximum absolute atomic E-state index is 11.6. The first-order valence-electron chi connectivity index (χ1n) is 10.0. The molecule has 0 heterocycles. The Morgan fingerprint density at radius 3 is 2.39 bits per heavy atom. The Morgan fingerprint density at radius 2 is 1.75 bits per heavy atom. The van der Waals surface area contributed by atoms with Crippen molar-refractivity contribution in [1.82, 2.24) is 5.32 Å². The molecule has 1 aliphatic rings. The van der Waals surface area contributed by atoms with Crippen LogP contribution in [0, 0.1) is 0 Å². The first kappa shape index (κ1) is 20.9. The second kappa shape index (κ2) is 8.66. The van der Waals surface area contributed by atoms with Crippen LogP contribution in [-0.2, 0) is 9.84 Å². The van der Waals surface area contributed by atoms with Crippen molar-refractivity contribution in [3.05, 3.63) is 59.7 Å². The minimum absolute atomic E-state index is 0.170. The summed E-state index contributed by atoms with van der Waals surface area (Å²) < 4.78 is 29.1. The average Bonchev–Trinajstić information content (AvgIpc) is 3.09. The number of hydrogen-bond donors (Lipinski definition) is 1. The van der Waals surface area contributed by atoms with E-state index in [9.17, 15) is 8.42 Å². The van der Waals surface area contributed by atoms with Gasteiger partial charge in [0, 0.05) is 18.3 Å². The van der Waals surface area contributed by atoms with Crippen LogP contribution in [0.4, 0.5) is 0 Å². The Labute approximate surface area is 169 Å². The molecule has 2 aromatic rings. The molecular weight excluding hydrogens is 370 g/mol. The predicted octanol–water partition coefficient (Wildman–Crippen LogP) is 4.86. The SMILES string of the molecule is CC(C)Oc1cccc([C@@H](C)NC2CC[C@H](c3ccc(S(C)(=O)=O)cc3)C2)c1. The van der Waals surface area contributed by atoms with E-state index in [1.165, 1.54) is 17.4 Å². The molecule has 1 fully saturated rings.